The Balaban J connectivity index is 3.53. The second-order valence-corrected chi connectivity index (χ2v) is 4.12. The third-order valence-electron chi connectivity index (χ3n) is 1.59. The van der Waals surface area contributed by atoms with Crippen LogP contribution < -0.4 is 4.79 Å². The lowest BCUT2D eigenvalue weighted by atomic mass is 10.2. The summed E-state index contributed by atoms with van der Waals surface area (Å²) in [5, 5.41) is -0.967. The van der Waals surface area contributed by atoms with Crippen molar-refractivity contribution in [2.45, 2.75) is 18.6 Å². The van der Waals surface area contributed by atoms with Crippen LogP contribution in [0.1, 0.15) is 11.3 Å². The lowest BCUT2D eigenvalue weighted by Gasteiger charge is -1.96. The Bertz CT molecular complexity index is 458. The fourth-order valence-corrected chi connectivity index (χ4v) is 1.68. The van der Waals surface area contributed by atoms with Gasteiger partial charge in [-0.15, -0.1) is 0 Å². The molecule has 14 heavy (non-hydrogen) atoms. The number of hydrogen-bond acceptors (Lipinski definition) is 2. The van der Waals surface area contributed by atoms with E-state index in [1.807, 2.05) is 0 Å². The molecule has 0 aliphatic heterocycles. The Morgan fingerprint density at radius 3 is 2.50 bits per heavy atom. The largest absolute Gasteiger partial charge is 0.370 e. The van der Waals surface area contributed by atoms with Gasteiger partial charge in [0.05, 0.1) is 4.48 Å². The highest BCUT2D eigenvalue weighted by Gasteiger charge is 2.29. The summed E-state index contributed by atoms with van der Waals surface area (Å²) in [7, 11) is -4.67. The van der Waals surface area contributed by atoms with Crippen LogP contribution in [0.4, 0.5) is 8.87 Å². The predicted octanol–water partition coefficient (Wildman–Crippen LogP) is 0.731. The molecule has 0 atom stereocenters. The van der Waals surface area contributed by atoms with Crippen LogP contribution in [0.15, 0.2) is 17.2 Å². The molecule has 0 saturated heterocycles. The van der Waals surface area contributed by atoms with Crippen molar-refractivity contribution in [3.8, 4) is 0 Å². The molecule has 1 rings (SSSR count). The van der Waals surface area contributed by atoms with Gasteiger partial charge in [-0.2, -0.15) is 8.42 Å². The number of halogens is 2. The second-order valence-electron chi connectivity index (χ2n) is 2.75. The van der Waals surface area contributed by atoms with Gasteiger partial charge in [0.2, 0.25) is 0 Å². The first kappa shape index (κ1) is 11.0. The van der Waals surface area contributed by atoms with Crippen molar-refractivity contribution in [3.63, 3.8) is 0 Å². The molecule has 0 bridgehead atoms. The highest BCUT2D eigenvalue weighted by molar-refractivity contribution is 7.85. The zero-order valence-electron chi connectivity index (χ0n) is 7.24. The van der Waals surface area contributed by atoms with Gasteiger partial charge < -0.3 is 0 Å². The fourth-order valence-electron chi connectivity index (χ4n) is 1.02. The summed E-state index contributed by atoms with van der Waals surface area (Å²) in [5.41, 5.74) is -0.114. The van der Waals surface area contributed by atoms with Gasteiger partial charge >= 0.3 is 15.1 Å². The molecule has 1 N–H and O–H groups in total. The van der Waals surface area contributed by atoms with Crippen molar-refractivity contribution in [1.29, 1.82) is 0 Å². The van der Waals surface area contributed by atoms with Gasteiger partial charge in [-0.05, 0) is 12.5 Å². The molecule has 7 heteroatoms. The molecule has 78 valence electrons. The van der Waals surface area contributed by atoms with Crippen molar-refractivity contribution >= 4 is 10.1 Å². The Kier molecular flexibility index (Phi) is 2.81. The maximum atomic E-state index is 13.1. The Morgan fingerprint density at radius 2 is 2.07 bits per heavy atom. The van der Waals surface area contributed by atoms with Gasteiger partial charge in [0.1, 0.15) is 0 Å². The summed E-state index contributed by atoms with van der Waals surface area (Å²) >= 11 is 0. The highest BCUT2D eigenvalue weighted by Crippen LogP contribution is 2.09. The molecule has 0 aliphatic carbocycles. The Hall–Kier alpha value is -1.08. The van der Waals surface area contributed by atoms with E-state index < -0.39 is 27.5 Å². The first-order chi connectivity index (χ1) is 6.36. The first-order valence-electron chi connectivity index (χ1n) is 3.61. The topological polar surface area (TPSA) is 58.2 Å². The van der Waals surface area contributed by atoms with Gasteiger partial charge in [-0.1, -0.05) is 0 Å². The van der Waals surface area contributed by atoms with E-state index in [9.17, 15) is 17.3 Å². The number of alkyl halides is 1. The molecule has 0 aromatic carbocycles. The van der Waals surface area contributed by atoms with Crippen molar-refractivity contribution in [3.05, 3.63) is 23.4 Å². The Morgan fingerprint density at radius 1 is 1.50 bits per heavy atom. The summed E-state index contributed by atoms with van der Waals surface area (Å²) in [6.07, 6.45) is 0. The van der Waals surface area contributed by atoms with Crippen LogP contribution in [-0.4, -0.2) is 13.0 Å². The average molecular weight is 224 g/mol. The van der Waals surface area contributed by atoms with Crippen LogP contribution in [0.5, 0.6) is 0 Å². The van der Waals surface area contributed by atoms with E-state index in [4.69, 9.17) is 4.55 Å². The Labute approximate surface area is 79.5 Å². The minimum absolute atomic E-state index is 0.346. The molecule has 1 heterocycles. The molecule has 1 aromatic heterocycles. The summed E-state index contributed by atoms with van der Waals surface area (Å²) < 4.78 is 55.2. The van der Waals surface area contributed by atoms with E-state index in [1.54, 1.807) is 0 Å². The molecular formula is C7H8F2NO3S+. The van der Waals surface area contributed by atoms with Crippen LogP contribution in [0.25, 0.3) is 0 Å². The van der Waals surface area contributed by atoms with Crippen LogP contribution in [0.3, 0.4) is 0 Å². The minimum atomic E-state index is -4.67. The van der Waals surface area contributed by atoms with E-state index >= 15 is 0 Å². The number of aryl methyl sites for hydroxylation is 1. The van der Waals surface area contributed by atoms with Crippen LogP contribution in [-0.2, 0) is 16.8 Å². The van der Waals surface area contributed by atoms with E-state index in [1.165, 1.54) is 6.92 Å². The minimum Gasteiger partial charge on any atom is -0.277 e. The monoisotopic (exact) mass is 224 g/mol. The predicted molar refractivity (Wildman–Crippen MR) is 42.5 cm³/mol. The fraction of sp³-hybridized carbons (Fsp3) is 0.286. The third kappa shape index (κ3) is 2.05. The van der Waals surface area contributed by atoms with Crippen LogP contribution in [0.2, 0.25) is 0 Å². The van der Waals surface area contributed by atoms with Crippen LogP contribution >= 0.6 is 0 Å². The SMILES string of the molecule is Cc1cc(CF)[n+](F)c(S(=O)(=O)O)c1. The molecule has 0 radical (unpaired) electrons. The summed E-state index contributed by atoms with van der Waals surface area (Å²) in [5.74, 6) is 0. The number of aromatic nitrogens is 1. The molecular weight excluding hydrogens is 216 g/mol. The molecule has 0 spiro atoms. The standard InChI is InChI=1S/C7H7F2NO3S/c1-5-2-6(4-8)10(9)7(3-5)14(11,12)13/h2-3H,4H2,1H3/p+1. The van der Waals surface area contributed by atoms with E-state index in [0.29, 0.717) is 5.56 Å². The van der Waals surface area contributed by atoms with Crippen molar-refractivity contribution < 1.29 is 26.6 Å². The lowest BCUT2D eigenvalue weighted by Crippen LogP contribution is -2.35. The number of hydrogen-bond donors (Lipinski definition) is 1. The van der Waals surface area contributed by atoms with Crippen molar-refractivity contribution in [1.82, 2.24) is 0 Å². The van der Waals surface area contributed by atoms with E-state index in [2.05, 4.69) is 0 Å². The van der Waals surface area contributed by atoms with Gasteiger partial charge in [0.15, 0.2) is 6.67 Å². The molecule has 0 saturated carbocycles. The molecule has 0 unspecified atom stereocenters. The van der Waals surface area contributed by atoms with Gasteiger partial charge in [0.25, 0.3) is 5.69 Å². The summed E-state index contributed by atoms with van der Waals surface area (Å²) in [6.45, 7) is 0.314. The molecule has 4 nitrogen and oxygen atoms in total. The van der Waals surface area contributed by atoms with E-state index in [0.717, 1.165) is 12.1 Å². The molecule has 0 aliphatic rings. The average Bonchev–Trinajstić information content (AvgIpc) is 2.06. The summed E-state index contributed by atoms with van der Waals surface area (Å²) in [6, 6.07) is 2.06. The van der Waals surface area contributed by atoms with Gasteiger partial charge in [-0.25, -0.2) is 4.39 Å². The summed E-state index contributed by atoms with van der Waals surface area (Å²) in [4.78, 5) is -0.387. The number of nitrogens with zero attached hydrogens (tertiary/aromatic N) is 1. The van der Waals surface area contributed by atoms with Crippen LogP contribution in [0, 0.1) is 6.92 Å². The maximum Gasteiger partial charge on any atom is 0.370 e. The molecule has 1 aromatic rings. The van der Waals surface area contributed by atoms with Crippen molar-refractivity contribution in [2.75, 3.05) is 0 Å². The number of pyridine rings is 1. The zero-order valence-corrected chi connectivity index (χ0v) is 8.05. The van der Waals surface area contributed by atoms with E-state index in [-0.39, 0.29) is 4.79 Å². The van der Waals surface area contributed by atoms with Crippen molar-refractivity contribution in [2.24, 2.45) is 0 Å². The highest BCUT2D eigenvalue weighted by atomic mass is 32.2. The van der Waals surface area contributed by atoms with Gasteiger partial charge in [0, 0.05) is 16.9 Å². The molecule has 0 amide bonds. The smallest absolute Gasteiger partial charge is 0.277 e. The number of rotatable bonds is 2. The van der Waals surface area contributed by atoms with Gasteiger partial charge in [-0.3, -0.25) is 4.55 Å². The lowest BCUT2D eigenvalue weighted by molar-refractivity contribution is -0.880. The zero-order chi connectivity index (χ0) is 10.9. The maximum absolute atomic E-state index is 13.1. The third-order valence-corrected chi connectivity index (χ3v) is 2.40. The second kappa shape index (κ2) is 3.58. The normalized spacial score (nSPS) is 11.7. The first-order valence-corrected chi connectivity index (χ1v) is 5.05. The molecule has 0 fully saturated rings. The quantitative estimate of drug-likeness (QED) is 0.753.